The van der Waals surface area contributed by atoms with E-state index in [0.29, 0.717) is 6.42 Å². The quantitative estimate of drug-likeness (QED) is 0.571. The molecule has 0 aromatic rings. The first-order valence-corrected chi connectivity index (χ1v) is 2.45. The van der Waals surface area contributed by atoms with Gasteiger partial charge in [0.05, 0.1) is 6.42 Å². The Balaban J connectivity index is 3.14. The second-order valence-electron chi connectivity index (χ2n) is 1.17. The zero-order valence-electron chi connectivity index (χ0n) is 4.15. The number of hydrogen-bond donors (Lipinski definition) is 1. The molecule has 0 aliphatic heterocycles. The second kappa shape index (κ2) is 4.48. The van der Waals surface area contributed by atoms with Crippen molar-refractivity contribution in [2.45, 2.75) is 12.8 Å². The molecule has 0 amide bonds. The van der Waals surface area contributed by atoms with Crippen molar-refractivity contribution < 1.29 is 9.90 Å². The lowest BCUT2D eigenvalue weighted by atomic mass is 10.3. The van der Waals surface area contributed by atoms with E-state index < -0.39 is 5.97 Å². The molecular formula is C5H5ClO2. The number of carboxylic acid groups (broad SMARTS) is 1. The van der Waals surface area contributed by atoms with Gasteiger partial charge in [-0.2, -0.15) is 0 Å². The van der Waals surface area contributed by atoms with Crippen molar-refractivity contribution in [2.75, 3.05) is 0 Å². The molecule has 0 fully saturated rings. The molecule has 44 valence electrons. The normalized spacial score (nSPS) is 7.12. The first kappa shape index (κ1) is 7.32. The fourth-order valence-corrected chi connectivity index (χ4v) is 0.311. The second-order valence-corrected chi connectivity index (χ2v) is 1.35. The summed E-state index contributed by atoms with van der Waals surface area (Å²) in [6.07, 6.45) is 0.401. The highest BCUT2D eigenvalue weighted by Gasteiger charge is 1.90. The van der Waals surface area contributed by atoms with E-state index >= 15 is 0 Å². The molecule has 0 heterocycles. The molecule has 1 N–H and O–H groups in total. The third kappa shape index (κ3) is 5.32. The molecule has 0 unspecified atom stereocenters. The summed E-state index contributed by atoms with van der Waals surface area (Å²) < 4.78 is 0. The molecule has 3 heteroatoms. The highest BCUT2D eigenvalue weighted by atomic mass is 35.5. The maximum absolute atomic E-state index is 9.76. The highest BCUT2D eigenvalue weighted by Crippen LogP contribution is 1.84. The Morgan fingerprint density at radius 1 is 1.75 bits per heavy atom. The van der Waals surface area contributed by atoms with E-state index in [1.807, 2.05) is 0 Å². The van der Waals surface area contributed by atoms with Gasteiger partial charge in [0.15, 0.2) is 0 Å². The first-order valence-electron chi connectivity index (χ1n) is 2.07. The maximum Gasteiger partial charge on any atom is 0.304 e. The molecule has 0 spiro atoms. The van der Waals surface area contributed by atoms with Crippen molar-refractivity contribution in [3.8, 4) is 11.3 Å². The first-order chi connectivity index (χ1) is 3.77. The van der Waals surface area contributed by atoms with Crippen LogP contribution in [0.1, 0.15) is 12.8 Å². The number of carboxylic acids is 1. The lowest BCUT2D eigenvalue weighted by Crippen LogP contribution is -1.91. The van der Waals surface area contributed by atoms with Crippen LogP contribution in [0, 0.1) is 11.3 Å². The fraction of sp³-hybridized carbons (Fsp3) is 0.400. The van der Waals surface area contributed by atoms with Crippen LogP contribution in [0.5, 0.6) is 0 Å². The molecule has 0 radical (unpaired) electrons. The van der Waals surface area contributed by atoms with E-state index in [2.05, 4.69) is 11.3 Å². The fourth-order valence-electron chi connectivity index (χ4n) is 0.217. The van der Waals surface area contributed by atoms with Gasteiger partial charge >= 0.3 is 5.97 Å². The van der Waals surface area contributed by atoms with Gasteiger partial charge in [-0.25, -0.2) is 0 Å². The van der Waals surface area contributed by atoms with Gasteiger partial charge < -0.3 is 5.11 Å². The Morgan fingerprint density at radius 3 is 2.75 bits per heavy atom. The molecule has 0 saturated heterocycles. The van der Waals surface area contributed by atoms with Crippen LogP contribution in [-0.2, 0) is 4.79 Å². The summed E-state index contributed by atoms with van der Waals surface area (Å²) in [4.78, 5) is 9.76. The summed E-state index contributed by atoms with van der Waals surface area (Å²) in [5.41, 5.74) is 0. The topological polar surface area (TPSA) is 37.3 Å². The summed E-state index contributed by atoms with van der Waals surface area (Å²) in [6.45, 7) is 0. The van der Waals surface area contributed by atoms with Gasteiger partial charge in [-0.1, -0.05) is 5.92 Å². The van der Waals surface area contributed by atoms with E-state index in [4.69, 9.17) is 16.7 Å². The van der Waals surface area contributed by atoms with Crippen LogP contribution in [0.25, 0.3) is 0 Å². The zero-order chi connectivity index (χ0) is 6.41. The predicted molar refractivity (Wildman–Crippen MR) is 30.5 cm³/mol. The van der Waals surface area contributed by atoms with Crippen LogP contribution in [-0.4, -0.2) is 11.1 Å². The lowest BCUT2D eigenvalue weighted by Gasteiger charge is -1.80. The van der Waals surface area contributed by atoms with Gasteiger partial charge in [0.1, 0.15) is 0 Å². The summed E-state index contributed by atoms with van der Waals surface area (Å²) in [6, 6.07) is 0. The Bertz CT molecular complexity index is 131. The summed E-state index contributed by atoms with van der Waals surface area (Å²) in [5, 5.41) is 10.1. The Labute approximate surface area is 52.5 Å². The molecule has 0 rings (SSSR count). The summed E-state index contributed by atoms with van der Waals surface area (Å²) in [5.74, 6) is 1.57. The summed E-state index contributed by atoms with van der Waals surface area (Å²) in [7, 11) is 0. The third-order valence-corrected chi connectivity index (χ3v) is 0.664. The van der Waals surface area contributed by atoms with Crippen LogP contribution >= 0.6 is 11.6 Å². The smallest absolute Gasteiger partial charge is 0.304 e. The Morgan fingerprint density at radius 2 is 2.38 bits per heavy atom. The molecule has 2 nitrogen and oxygen atoms in total. The lowest BCUT2D eigenvalue weighted by molar-refractivity contribution is -0.136. The molecule has 0 atom stereocenters. The monoisotopic (exact) mass is 132 g/mol. The minimum Gasteiger partial charge on any atom is -0.481 e. The van der Waals surface area contributed by atoms with E-state index in [0.717, 1.165) is 0 Å². The average Bonchev–Trinajstić information content (AvgIpc) is 1.66. The molecular weight excluding hydrogens is 128 g/mol. The van der Waals surface area contributed by atoms with Crippen molar-refractivity contribution in [1.29, 1.82) is 0 Å². The number of carbonyl (C=O) groups is 1. The van der Waals surface area contributed by atoms with Crippen molar-refractivity contribution >= 4 is 17.6 Å². The molecule has 0 aliphatic rings. The standard InChI is InChI=1S/C5H5ClO2/c6-4-2-1-3-5(7)8/h1,3H2,(H,7,8). The predicted octanol–water partition coefficient (Wildman–Crippen LogP) is 1.05. The van der Waals surface area contributed by atoms with Crippen molar-refractivity contribution in [3.05, 3.63) is 0 Å². The van der Waals surface area contributed by atoms with Crippen LogP contribution in [0.4, 0.5) is 0 Å². The number of halogens is 1. The molecule has 8 heavy (non-hydrogen) atoms. The SMILES string of the molecule is O=C(O)CCC#CCl. The highest BCUT2D eigenvalue weighted by molar-refractivity contribution is 6.30. The molecule has 0 aliphatic carbocycles. The van der Waals surface area contributed by atoms with Crippen LogP contribution in [0.2, 0.25) is 0 Å². The van der Waals surface area contributed by atoms with Gasteiger partial charge in [-0.05, 0) is 11.6 Å². The molecule has 0 aromatic heterocycles. The van der Waals surface area contributed by atoms with Crippen LogP contribution in [0.3, 0.4) is 0 Å². The van der Waals surface area contributed by atoms with E-state index in [-0.39, 0.29) is 6.42 Å². The summed E-state index contributed by atoms with van der Waals surface area (Å²) >= 11 is 4.93. The minimum atomic E-state index is -0.843. The minimum absolute atomic E-state index is 0.0692. The largest absolute Gasteiger partial charge is 0.481 e. The van der Waals surface area contributed by atoms with Gasteiger partial charge in [0, 0.05) is 11.8 Å². The number of hydrogen-bond acceptors (Lipinski definition) is 1. The Kier molecular flexibility index (Phi) is 4.10. The maximum atomic E-state index is 9.76. The van der Waals surface area contributed by atoms with Crippen molar-refractivity contribution in [1.82, 2.24) is 0 Å². The number of aliphatic carboxylic acids is 1. The van der Waals surface area contributed by atoms with Gasteiger partial charge in [-0.15, -0.1) is 0 Å². The number of rotatable bonds is 2. The van der Waals surface area contributed by atoms with Gasteiger partial charge in [0.2, 0.25) is 0 Å². The van der Waals surface area contributed by atoms with E-state index in [1.165, 1.54) is 0 Å². The van der Waals surface area contributed by atoms with E-state index in [9.17, 15) is 4.79 Å². The van der Waals surface area contributed by atoms with Crippen molar-refractivity contribution in [2.24, 2.45) is 0 Å². The Hall–Kier alpha value is -0.680. The van der Waals surface area contributed by atoms with Gasteiger partial charge in [0.25, 0.3) is 0 Å². The molecule has 0 saturated carbocycles. The van der Waals surface area contributed by atoms with Gasteiger partial charge in [-0.3, -0.25) is 4.79 Å². The average molecular weight is 133 g/mol. The van der Waals surface area contributed by atoms with Crippen LogP contribution in [0.15, 0.2) is 0 Å². The zero-order valence-corrected chi connectivity index (χ0v) is 4.90. The van der Waals surface area contributed by atoms with Crippen molar-refractivity contribution in [3.63, 3.8) is 0 Å². The van der Waals surface area contributed by atoms with E-state index in [1.54, 1.807) is 0 Å². The third-order valence-electron chi connectivity index (χ3n) is 0.531. The molecule has 0 aromatic carbocycles. The van der Waals surface area contributed by atoms with Crippen LogP contribution < -0.4 is 0 Å². The molecule has 0 bridgehead atoms.